The van der Waals surface area contributed by atoms with Crippen LogP contribution in [0.15, 0.2) is 62.2 Å². The van der Waals surface area contributed by atoms with Crippen LogP contribution in [-0.4, -0.2) is 27.6 Å². The Bertz CT molecular complexity index is 937. The Morgan fingerprint density at radius 3 is 2.86 bits per heavy atom. The van der Waals surface area contributed by atoms with Crippen molar-refractivity contribution < 1.29 is 9.90 Å². The molecule has 3 aromatic rings. The van der Waals surface area contributed by atoms with Crippen LogP contribution in [0.3, 0.4) is 0 Å². The van der Waals surface area contributed by atoms with E-state index in [1.807, 2.05) is 41.8 Å². The number of carbonyl (C=O) groups is 1. The van der Waals surface area contributed by atoms with Crippen LogP contribution < -0.4 is 11.1 Å². The predicted molar refractivity (Wildman–Crippen MR) is 116 cm³/mol. The van der Waals surface area contributed by atoms with E-state index < -0.39 is 11.9 Å². The highest BCUT2D eigenvalue weighted by molar-refractivity contribution is 9.10. The van der Waals surface area contributed by atoms with Crippen molar-refractivity contribution in [3.63, 3.8) is 0 Å². The van der Waals surface area contributed by atoms with E-state index in [-0.39, 0.29) is 0 Å². The van der Waals surface area contributed by atoms with Crippen LogP contribution in [0.25, 0.3) is 0 Å². The van der Waals surface area contributed by atoms with Crippen LogP contribution in [0.1, 0.15) is 12.1 Å². The monoisotopic (exact) mass is 478 g/mol. The number of nitrogens with one attached hydrogen (secondary N) is 1. The van der Waals surface area contributed by atoms with Crippen molar-refractivity contribution in [1.29, 1.82) is 0 Å². The van der Waals surface area contributed by atoms with Crippen molar-refractivity contribution in [1.82, 2.24) is 9.97 Å². The van der Waals surface area contributed by atoms with E-state index in [0.717, 1.165) is 20.0 Å². The van der Waals surface area contributed by atoms with Gasteiger partial charge >= 0.3 is 5.97 Å². The number of aliphatic carboxylic acids is 1. The minimum Gasteiger partial charge on any atom is -0.481 e. The second-order valence-corrected chi connectivity index (χ2v) is 8.89. The number of thiazole rings is 1. The highest BCUT2D eigenvalue weighted by Gasteiger charge is 2.19. The van der Waals surface area contributed by atoms with Crippen LogP contribution in [0, 0.1) is 5.92 Å². The number of halogens is 1. The van der Waals surface area contributed by atoms with Crippen molar-refractivity contribution in [3.8, 4) is 0 Å². The quantitative estimate of drug-likeness (QED) is 0.406. The Morgan fingerprint density at radius 1 is 1.36 bits per heavy atom. The number of nitrogens with zero attached hydrogens (tertiary/aromatic N) is 2. The molecule has 0 saturated carbocycles. The summed E-state index contributed by atoms with van der Waals surface area (Å²) in [4.78, 5) is 22.4. The molecule has 1 aromatic carbocycles. The van der Waals surface area contributed by atoms with Gasteiger partial charge in [-0.05, 0) is 47.1 Å². The number of pyridine rings is 1. The number of carboxylic acid groups (broad SMARTS) is 1. The molecule has 9 heteroatoms. The number of rotatable bonds is 9. The summed E-state index contributed by atoms with van der Waals surface area (Å²) in [7, 11) is 0. The second kappa shape index (κ2) is 10.0. The van der Waals surface area contributed by atoms with Gasteiger partial charge in [-0.3, -0.25) is 4.79 Å². The topological polar surface area (TPSA) is 101 Å². The van der Waals surface area contributed by atoms with Crippen LogP contribution in [0.5, 0.6) is 0 Å². The van der Waals surface area contributed by atoms with E-state index in [0.29, 0.717) is 30.3 Å². The van der Waals surface area contributed by atoms with Gasteiger partial charge in [-0.25, -0.2) is 9.97 Å². The highest BCUT2D eigenvalue weighted by atomic mass is 79.9. The van der Waals surface area contributed by atoms with Gasteiger partial charge in [0.1, 0.15) is 5.82 Å². The average molecular weight is 479 g/mol. The van der Waals surface area contributed by atoms with Crippen molar-refractivity contribution in [2.75, 3.05) is 11.9 Å². The van der Waals surface area contributed by atoms with Gasteiger partial charge in [-0.2, -0.15) is 0 Å². The summed E-state index contributed by atoms with van der Waals surface area (Å²) < 4.78 is 0.891. The predicted octanol–water partition coefficient (Wildman–Crippen LogP) is 4.79. The summed E-state index contributed by atoms with van der Waals surface area (Å²) in [6.45, 7) is 0.342. The van der Waals surface area contributed by atoms with Gasteiger partial charge in [0.05, 0.1) is 16.5 Å². The zero-order valence-electron chi connectivity index (χ0n) is 14.8. The molecule has 0 bridgehead atoms. The minimum absolute atomic E-state index is 0.342. The maximum atomic E-state index is 11.3. The second-order valence-electron chi connectivity index (χ2n) is 6.00. The normalized spacial score (nSPS) is 11.9. The Hall–Kier alpha value is -1.94. The number of anilines is 2. The standard InChI is InChI=1S/C19H19BrN4O2S2/c20-13-9-16(28-15-4-2-1-3-5-15)17(22-10-13)24-19-23-14(11-27-19)8-12(6-7-21)18(25)26/h1-5,9-12H,6-8,21H2,(H,25,26)(H,22,23,24). The number of hydrogen-bond donors (Lipinski definition) is 3. The molecule has 1 atom stereocenters. The molecule has 28 heavy (non-hydrogen) atoms. The molecule has 4 N–H and O–H groups in total. The third-order valence-corrected chi connectivity index (χ3v) is 6.17. The Labute approximate surface area is 179 Å². The summed E-state index contributed by atoms with van der Waals surface area (Å²) >= 11 is 6.51. The van der Waals surface area contributed by atoms with Gasteiger partial charge in [0, 0.05) is 27.4 Å². The number of aromatic nitrogens is 2. The van der Waals surface area contributed by atoms with Gasteiger partial charge in [-0.1, -0.05) is 30.0 Å². The molecule has 0 aliphatic rings. The van der Waals surface area contributed by atoms with Gasteiger partial charge in [0.15, 0.2) is 5.13 Å². The molecular formula is C19H19BrN4O2S2. The lowest BCUT2D eigenvalue weighted by atomic mass is 10.0. The summed E-state index contributed by atoms with van der Waals surface area (Å²) in [5.74, 6) is -0.659. The van der Waals surface area contributed by atoms with E-state index in [1.54, 1.807) is 18.0 Å². The fraction of sp³-hybridized carbons (Fsp3) is 0.211. The molecule has 0 saturated heterocycles. The molecule has 3 rings (SSSR count). The maximum Gasteiger partial charge on any atom is 0.306 e. The zero-order valence-corrected chi connectivity index (χ0v) is 18.1. The molecular weight excluding hydrogens is 460 g/mol. The summed E-state index contributed by atoms with van der Waals surface area (Å²) in [5, 5.41) is 15.1. The molecule has 0 fully saturated rings. The summed E-state index contributed by atoms with van der Waals surface area (Å²) in [6, 6.07) is 12.1. The van der Waals surface area contributed by atoms with E-state index in [2.05, 4.69) is 31.2 Å². The van der Waals surface area contributed by atoms with Crippen LogP contribution in [0.2, 0.25) is 0 Å². The molecule has 0 radical (unpaired) electrons. The first kappa shape index (κ1) is 20.8. The largest absolute Gasteiger partial charge is 0.481 e. The highest BCUT2D eigenvalue weighted by Crippen LogP contribution is 2.35. The third kappa shape index (κ3) is 5.78. The lowest BCUT2D eigenvalue weighted by Gasteiger charge is -2.10. The molecule has 0 spiro atoms. The Balaban J connectivity index is 1.75. The molecule has 2 heterocycles. The number of nitrogens with two attached hydrogens (primary N) is 1. The van der Waals surface area contributed by atoms with Gasteiger partial charge in [0.2, 0.25) is 0 Å². The molecule has 6 nitrogen and oxygen atoms in total. The summed E-state index contributed by atoms with van der Waals surface area (Å²) in [6.07, 6.45) is 2.53. The van der Waals surface area contributed by atoms with Crippen molar-refractivity contribution in [3.05, 3.63) is 58.1 Å². The fourth-order valence-corrected chi connectivity index (χ4v) is 4.67. The van der Waals surface area contributed by atoms with Crippen molar-refractivity contribution in [2.24, 2.45) is 11.7 Å². The first-order valence-electron chi connectivity index (χ1n) is 8.58. The lowest BCUT2D eigenvalue weighted by Crippen LogP contribution is -2.20. The van der Waals surface area contributed by atoms with Crippen LogP contribution >= 0.6 is 39.0 Å². The Morgan fingerprint density at radius 2 is 2.14 bits per heavy atom. The van der Waals surface area contributed by atoms with Crippen molar-refractivity contribution >= 4 is 55.9 Å². The first-order valence-corrected chi connectivity index (χ1v) is 11.1. The molecule has 0 aliphatic heterocycles. The van der Waals surface area contributed by atoms with Crippen LogP contribution in [0.4, 0.5) is 10.9 Å². The number of carboxylic acids is 1. The van der Waals surface area contributed by atoms with Gasteiger partial charge < -0.3 is 16.2 Å². The average Bonchev–Trinajstić information content (AvgIpc) is 3.11. The third-order valence-electron chi connectivity index (χ3n) is 3.89. The first-order chi connectivity index (χ1) is 13.5. The molecule has 0 amide bonds. The van der Waals surface area contributed by atoms with E-state index >= 15 is 0 Å². The Kier molecular flexibility index (Phi) is 7.43. The fourth-order valence-electron chi connectivity index (χ4n) is 2.53. The van der Waals surface area contributed by atoms with Crippen LogP contribution in [-0.2, 0) is 11.2 Å². The smallest absolute Gasteiger partial charge is 0.306 e. The van der Waals surface area contributed by atoms with Gasteiger partial charge in [0.25, 0.3) is 0 Å². The van der Waals surface area contributed by atoms with E-state index in [4.69, 9.17) is 5.73 Å². The van der Waals surface area contributed by atoms with Crippen molar-refractivity contribution in [2.45, 2.75) is 22.6 Å². The number of hydrogen-bond acceptors (Lipinski definition) is 7. The number of benzene rings is 1. The lowest BCUT2D eigenvalue weighted by molar-refractivity contribution is -0.141. The SMILES string of the molecule is NCCC(Cc1csc(Nc2ncc(Br)cc2Sc2ccccc2)n1)C(=O)O. The van der Waals surface area contributed by atoms with E-state index in [9.17, 15) is 9.90 Å². The minimum atomic E-state index is -0.843. The zero-order chi connectivity index (χ0) is 19.9. The molecule has 1 unspecified atom stereocenters. The molecule has 146 valence electrons. The maximum absolute atomic E-state index is 11.3. The van der Waals surface area contributed by atoms with E-state index in [1.165, 1.54) is 11.3 Å². The molecule has 2 aromatic heterocycles. The summed E-state index contributed by atoms with van der Waals surface area (Å²) in [5.41, 5.74) is 6.25. The van der Waals surface area contributed by atoms with Gasteiger partial charge in [-0.15, -0.1) is 11.3 Å². The molecule has 0 aliphatic carbocycles.